The zero-order chi connectivity index (χ0) is 16.9. The molecule has 3 N–H and O–H groups in total. The number of hydrogen-bond acceptors (Lipinski definition) is 4. The summed E-state index contributed by atoms with van der Waals surface area (Å²) in [7, 11) is 0. The van der Waals surface area contributed by atoms with E-state index < -0.39 is 24.2 Å². The second-order valence-corrected chi connectivity index (χ2v) is 4.44. The van der Waals surface area contributed by atoms with Crippen LogP contribution in [0.15, 0.2) is 47.1 Å². The van der Waals surface area contributed by atoms with Crippen LogP contribution in [0, 0.1) is 0 Å². The number of carbonyl (C=O) groups is 1. The molecule has 9 heteroatoms. The minimum Gasteiger partial charge on any atom is -0.467 e. The standard InChI is InChI=1S/C14H13F3N2O4/c15-14(16,17)23-10-4-1-3-9(7-10)19-13(21)18-8-11(20)12-5-2-6-22-12/h1-7,11,20H,8H2,(H2,18,19,21). The van der Waals surface area contributed by atoms with E-state index in [1.54, 1.807) is 12.1 Å². The second kappa shape index (κ2) is 7.05. The number of nitrogens with one attached hydrogen (secondary N) is 2. The number of urea groups is 1. The molecule has 1 aromatic heterocycles. The van der Waals surface area contributed by atoms with E-state index in [0.29, 0.717) is 0 Å². The molecule has 2 rings (SSSR count). The van der Waals surface area contributed by atoms with E-state index in [9.17, 15) is 23.1 Å². The topological polar surface area (TPSA) is 83.7 Å². The number of furan rings is 1. The highest BCUT2D eigenvalue weighted by Crippen LogP contribution is 2.25. The van der Waals surface area contributed by atoms with Gasteiger partial charge in [0.15, 0.2) is 0 Å². The molecule has 0 aliphatic carbocycles. The van der Waals surface area contributed by atoms with E-state index in [4.69, 9.17) is 4.42 Å². The van der Waals surface area contributed by atoms with Gasteiger partial charge in [0.2, 0.25) is 0 Å². The lowest BCUT2D eigenvalue weighted by molar-refractivity contribution is -0.274. The average molecular weight is 330 g/mol. The van der Waals surface area contributed by atoms with Gasteiger partial charge in [0.25, 0.3) is 0 Å². The van der Waals surface area contributed by atoms with E-state index in [2.05, 4.69) is 15.4 Å². The van der Waals surface area contributed by atoms with Crippen LogP contribution in [0.4, 0.5) is 23.7 Å². The number of hydrogen-bond donors (Lipinski definition) is 3. The van der Waals surface area contributed by atoms with Crippen LogP contribution in [0.5, 0.6) is 5.75 Å². The van der Waals surface area contributed by atoms with Crippen molar-refractivity contribution in [3.8, 4) is 5.75 Å². The summed E-state index contributed by atoms with van der Waals surface area (Å²) >= 11 is 0. The summed E-state index contributed by atoms with van der Waals surface area (Å²) in [6.45, 7) is -0.127. The molecule has 2 amide bonds. The highest BCUT2D eigenvalue weighted by molar-refractivity contribution is 5.89. The highest BCUT2D eigenvalue weighted by Gasteiger charge is 2.31. The Kier molecular flexibility index (Phi) is 5.12. The molecule has 1 unspecified atom stereocenters. The van der Waals surface area contributed by atoms with Gasteiger partial charge in [-0.1, -0.05) is 6.07 Å². The van der Waals surface area contributed by atoms with Crippen molar-refractivity contribution in [3.63, 3.8) is 0 Å². The Balaban J connectivity index is 1.86. The third-order valence-corrected chi connectivity index (χ3v) is 2.65. The normalized spacial score (nSPS) is 12.5. The number of halogens is 3. The summed E-state index contributed by atoms with van der Waals surface area (Å²) in [5.74, 6) is -0.170. The van der Waals surface area contributed by atoms with Crippen molar-refractivity contribution >= 4 is 11.7 Å². The lowest BCUT2D eigenvalue weighted by atomic mass is 10.3. The molecule has 0 fully saturated rings. The van der Waals surface area contributed by atoms with Crippen LogP contribution < -0.4 is 15.4 Å². The number of aliphatic hydroxyl groups excluding tert-OH is 1. The maximum Gasteiger partial charge on any atom is 0.573 e. The monoisotopic (exact) mass is 330 g/mol. The summed E-state index contributed by atoms with van der Waals surface area (Å²) < 4.78 is 45.1. The summed E-state index contributed by atoms with van der Waals surface area (Å²) in [5, 5.41) is 14.4. The number of carbonyl (C=O) groups excluding carboxylic acids is 1. The van der Waals surface area contributed by atoms with Crippen LogP contribution in [-0.4, -0.2) is 24.0 Å². The fourth-order valence-electron chi connectivity index (χ4n) is 1.72. The van der Waals surface area contributed by atoms with E-state index >= 15 is 0 Å². The summed E-state index contributed by atoms with van der Waals surface area (Å²) in [5.41, 5.74) is 0.108. The highest BCUT2D eigenvalue weighted by atomic mass is 19.4. The Morgan fingerprint density at radius 3 is 2.74 bits per heavy atom. The predicted octanol–water partition coefficient (Wildman–Crippen LogP) is 3.03. The summed E-state index contributed by atoms with van der Waals surface area (Å²) in [6.07, 6.45) is -4.46. The van der Waals surface area contributed by atoms with Gasteiger partial charge in [-0.15, -0.1) is 13.2 Å². The lowest BCUT2D eigenvalue weighted by Gasteiger charge is -2.12. The van der Waals surface area contributed by atoms with Crippen molar-refractivity contribution < 1.29 is 32.2 Å². The first-order chi connectivity index (χ1) is 10.8. The number of rotatable bonds is 5. The van der Waals surface area contributed by atoms with Gasteiger partial charge in [-0.2, -0.15) is 0 Å². The lowest BCUT2D eigenvalue weighted by Crippen LogP contribution is -2.32. The van der Waals surface area contributed by atoms with Crippen molar-refractivity contribution in [3.05, 3.63) is 48.4 Å². The average Bonchev–Trinajstić information content (AvgIpc) is 2.97. The molecule has 1 aromatic carbocycles. The van der Waals surface area contributed by atoms with Crippen LogP contribution in [0.25, 0.3) is 0 Å². The quantitative estimate of drug-likeness (QED) is 0.787. The molecule has 0 aliphatic rings. The van der Waals surface area contributed by atoms with Crippen molar-refractivity contribution in [1.29, 1.82) is 0 Å². The van der Waals surface area contributed by atoms with E-state index in [1.165, 1.54) is 18.4 Å². The summed E-state index contributed by atoms with van der Waals surface area (Å²) in [4.78, 5) is 11.7. The molecular weight excluding hydrogens is 317 g/mol. The van der Waals surface area contributed by atoms with Gasteiger partial charge in [0.05, 0.1) is 12.8 Å². The van der Waals surface area contributed by atoms with Crippen LogP contribution in [-0.2, 0) is 0 Å². The second-order valence-electron chi connectivity index (χ2n) is 4.44. The molecule has 1 atom stereocenters. The largest absolute Gasteiger partial charge is 0.573 e. The molecular formula is C14H13F3N2O4. The number of amides is 2. The van der Waals surface area contributed by atoms with Gasteiger partial charge in [0, 0.05) is 11.8 Å². The Hall–Kier alpha value is -2.68. The maximum absolute atomic E-state index is 12.1. The zero-order valence-electron chi connectivity index (χ0n) is 11.6. The third-order valence-electron chi connectivity index (χ3n) is 2.65. The zero-order valence-corrected chi connectivity index (χ0v) is 11.6. The predicted molar refractivity (Wildman–Crippen MR) is 73.8 cm³/mol. The van der Waals surface area contributed by atoms with Gasteiger partial charge in [-0.05, 0) is 24.3 Å². The van der Waals surface area contributed by atoms with Crippen LogP contribution in [0.3, 0.4) is 0 Å². The van der Waals surface area contributed by atoms with Crippen LogP contribution >= 0.6 is 0 Å². The molecule has 0 aliphatic heterocycles. The minimum absolute atomic E-state index is 0.108. The first kappa shape index (κ1) is 16.7. The van der Waals surface area contributed by atoms with Crippen LogP contribution in [0.1, 0.15) is 11.9 Å². The third kappa shape index (κ3) is 5.55. The van der Waals surface area contributed by atoms with Crippen molar-refractivity contribution in [2.24, 2.45) is 0 Å². The van der Waals surface area contributed by atoms with Gasteiger partial charge in [-0.25, -0.2) is 4.79 Å². The van der Waals surface area contributed by atoms with E-state index in [0.717, 1.165) is 12.1 Å². The van der Waals surface area contributed by atoms with E-state index in [-0.39, 0.29) is 18.0 Å². The molecule has 2 aromatic rings. The number of ether oxygens (including phenoxy) is 1. The number of benzene rings is 1. The van der Waals surface area contributed by atoms with Gasteiger partial charge in [0.1, 0.15) is 17.6 Å². The molecule has 0 bridgehead atoms. The van der Waals surface area contributed by atoms with Gasteiger partial charge < -0.3 is 24.9 Å². The Morgan fingerprint density at radius 2 is 2.09 bits per heavy atom. The molecule has 0 spiro atoms. The number of anilines is 1. The number of aliphatic hydroxyl groups is 1. The summed E-state index contributed by atoms with van der Waals surface area (Å²) in [6, 6.07) is 7.26. The molecule has 1 heterocycles. The number of alkyl halides is 3. The first-order valence-corrected chi connectivity index (χ1v) is 6.45. The van der Waals surface area contributed by atoms with Crippen molar-refractivity contribution in [2.75, 3.05) is 11.9 Å². The molecule has 0 radical (unpaired) electrons. The molecule has 6 nitrogen and oxygen atoms in total. The SMILES string of the molecule is O=C(NCC(O)c1ccco1)Nc1cccc(OC(F)(F)F)c1. The fraction of sp³-hybridized carbons (Fsp3) is 0.214. The molecule has 124 valence electrons. The fourth-order valence-corrected chi connectivity index (χ4v) is 1.72. The first-order valence-electron chi connectivity index (χ1n) is 6.45. The Bertz CT molecular complexity index is 644. The van der Waals surface area contributed by atoms with Crippen LogP contribution in [0.2, 0.25) is 0 Å². The minimum atomic E-state index is -4.81. The van der Waals surface area contributed by atoms with Gasteiger partial charge in [-0.3, -0.25) is 0 Å². The molecule has 0 saturated heterocycles. The maximum atomic E-state index is 12.1. The van der Waals surface area contributed by atoms with Crippen molar-refractivity contribution in [1.82, 2.24) is 5.32 Å². The molecule has 23 heavy (non-hydrogen) atoms. The van der Waals surface area contributed by atoms with Crippen molar-refractivity contribution in [2.45, 2.75) is 12.5 Å². The Labute approximate surface area is 128 Å². The van der Waals surface area contributed by atoms with E-state index in [1.807, 2.05) is 0 Å². The Morgan fingerprint density at radius 1 is 1.30 bits per heavy atom. The van der Waals surface area contributed by atoms with Gasteiger partial charge >= 0.3 is 12.4 Å². The molecule has 0 saturated carbocycles. The smallest absolute Gasteiger partial charge is 0.467 e.